The first-order valence-electron chi connectivity index (χ1n) is 7.78. The van der Waals surface area contributed by atoms with E-state index in [0.717, 1.165) is 26.1 Å². The number of aromatic nitrogens is 2. The predicted molar refractivity (Wildman–Crippen MR) is 75.0 cm³/mol. The molecule has 106 valence electrons. The Bertz CT molecular complexity index is 378. The van der Waals surface area contributed by atoms with Crippen molar-refractivity contribution in [2.45, 2.75) is 63.6 Å². The summed E-state index contributed by atoms with van der Waals surface area (Å²) in [4.78, 5) is 4.34. The molecule has 2 atom stereocenters. The van der Waals surface area contributed by atoms with E-state index < -0.39 is 0 Å². The Kier molecular flexibility index (Phi) is 4.51. The van der Waals surface area contributed by atoms with Gasteiger partial charge in [0.15, 0.2) is 0 Å². The SMILES string of the molecule is c1ncn(CCC2CCCCO2)c1C1CCCCN1. The maximum Gasteiger partial charge on any atom is 0.0948 e. The average molecular weight is 263 g/mol. The number of hydrogen-bond donors (Lipinski definition) is 1. The van der Waals surface area contributed by atoms with Crippen molar-refractivity contribution in [2.24, 2.45) is 0 Å². The van der Waals surface area contributed by atoms with E-state index in [2.05, 4.69) is 14.9 Å². The van der Waals surface area contributed by atoms with Gasteiger partial charge < -0.3 is 14.6 Å². The molecule has 0 spiro atoms. The molecular weight excluding hydrogens is 238 g/mol. The van der Waals surface area contributed by atoms with Gasteiger partial charge in [0.2, 0.25) is 0 Å². The summed E-state index contributed by atoms with van der Waals surface area (Å²) in [5.74, 6) is 0. The van der Waals surface area contributed by atoms with Crippen LogP contribution in [0.2, 0.25) is 0 Å². The molecule has 3 rings (SSSR count). The highest BCUT2D eigenvalue weighted by atomic mass is 16.5. The predicted octanol–water partition coefficient (Wildman–Crippen LogP) is 2.66. The van der Waals surface area contributed by atoms with E-state index in [1.165, 1.54) is 44.2 Å². The molecule has 19 heavy (non-hydrogen) atoms. The van der Waals surface area contributed by atoms with Gasteiger partial charge in [-0.25, -0.2) is 4.98 Å². The number of imidazole rings is 1. The maximum atomic E-state index is 5.81. The second-order valence-corrected chi connectivity index (χ2v) is 5.79. The van der Waals surface area contributed by atoms with Gasteiger partial charge in [0.05, 0.1) is 18.1 Å². The van der Waals surface area contributed by atoms with E-state index in [-0.39, 0.29) is 0 Å². The molecule has 0 aromatic carbocycles. The summed E-state index contributed by atoms with van der Waals surface area (Å²) in [7, 11) is 0. The fourth-order valence-corrected chi connectivity index (χ4v) is 3.23. The molecule has 1 N–H and O–H groups in total. The minimum Gasteiger partial charge on any atom is -0.378 e. The summed E-state index contributed by atoms with van der Waals surface area (Å²) >= 11 is 0. The topological polar surface area (TPSA) is 39.1 Å². The number of nitrogens with one attached hydrogen (secondary N) is 1. The molecule has 1 aromatic heterocycles. The highest BCUT2D eigenvalue weighted by molar-refractivity contribution is 5.06. The molecule has 2 aliphatic heterocycles. The van der Waals surface area contributed by atoms with E-state index in [9.17, 15) is 0 Å². The minimum atomic E-state index is 0.461. The van der Waals surface area contributed by atoms with Crippen molar-refractivity contribution in [1.29, 1.82) is 0 Å². The fraction of sp³-hybridized carbons (Fsp3) is 0.800. The van der Waals surface area contributed by atoms with Crippen molar-refractivity contribution in [3.63, 3.8) is 0 Å². The van der Waals surface area contributed by atoms with E-state index in [1.807, 2.05) is 12.5 Å². The van der Waals surface area contributed by atoms with Crippen LogP contribution in [0.1, 0.15) is 56.7 Å². The van der Waals surface area contributed by atoms with E-state index in [1.54, 1.807) is 0 Å². The van der Waals surface area contributed by atoms with Gasteiger partial charge in [-0.05, 0) is 45.1 Å². The van der Waals surface area contributed by atoms with Gasteiger partial charge >= 0.3 is 0 Å². The number of hydrogen-bond acceptors (Lipinski definition) is 3. The molecule has 1 aromatic rings. The van der Waals surface area contributed by atoms with Crippen LogP contribution in [0.5, 0.6) is 0 Å². The fourth-order valence-electron chi connectivity index (χ4n) is 3.23. The van der Waals surface area contributed by atoms with Crippen LogP contribution in [0.25, 0.3) is 0 Å². The lowest BCUT2D eigenvalue weighted by Crippen LogP contribution is -2.29. The Morgan fingerprint density at radius 1 is 1.26 bits per heavy atom. The molecule has 2 saturated heterocycles. The van der Waals surface area contributed by atoms with Crippen LogP contribution >= 0.6 is 0 Å². The van der Waals surface area contributed by atoms with Gasteiger partial charge in [0, 0.05) is 25.4 Å². The summed E-state index contributed by atoms with van der Waals surface area (Å²) in [6.45, 7) is 3.13. The molecule has 0 amide bonds. The van der Waals surface area contributed by atoms with Crippen molar-refractivity contribution in [3.8, 4) is 0 Å². The van der Waals surface area contributed by atoms with Crippen LogP contribution in [0, 0.1) is 0 Å². The smallest absolute Gasteiger partial charge is 0.0948 e. The van der Waals surface area contributed by atoms with Crippen LogP contribution in [-0.2, 0) is 11.3 Å². The lowest BCUT2D eigenvalue weighted by molar-refractivity contribution is 0.00863. The summed E-state index contributed by atoms with van der Waals surface area (Å²) < 4.78 is 8.13. The van der Waals surface area contributed by atoms with Gasteiger partial charge in [-0.3, -0.25) is 0 Å². The number of aryl methyl sites for hydroxylation is 1. The highest BCUT2D eigenvalue weighted by Gasteiger charge is 2.19. The summed E-state index contributed by atoms with van der Waals surface area (Å²) in [6.07, 6.45) is 13.3. The summed E-state index contributed by atoms with van der Waals surface area (Å²) in [5.41, 5.74) is 1.36. The van der Waals surface area contributed by atoms with Gasteiger partial charge in [-0.2, -0.15) is 0 Å². The van der Waals surface area contributed by atoms with E-state index in [0.29, 0.717) is 12.1 Å². The molecular formula is C15H25N3O. The number of ether oxygens (including phenoxy) is 1. The quantitative estimate of drug-likeness (QED) is 0.907. The largest absolute Gasteiger partial charge is 0.378 e. The third kappa shape index (κ3) is 3.37. The lowest BCUT2D eigenvalue weighted by Gasteiger charge is -2.26. The lowest BCUT2D eigenvalue weighted by atomic mass is 10.0. The average Bonchev–Trinajstić information content (AvgIpc) is 2.95. The zero-order valence-electron chi connectivity index (χ0n) is 11.7. The number of nitrogens with zero attached hydrogens (tertiary/aromatic N) is 2. The third-order valence-electron chi connectivity index (χ3n) is 4.38. The number of rotatable bonds is 4. The molecule has 4 nitrogen and oxygen atoms in total. The van der Waals surface area contributed by atoms with Crippen molar-refractivity contribution in [2.75, 3.05) is 13.2 Å². The Labute approximate surface area is 115 Å². The standard InChI is InChI=1S/C15H25N3O/c1-3-8-17-14(6-1)15-11-16-12-18(15)9-7-13-5-2-4-10-19-13/h11-14,17H,1-10H2. The molecule has 4 heteroatoms. The number of piperidine rings is 1. The van der Waals surface area contributed by atoms with E-state index >= 15 is 0 Å². The Morgan fingerprint density at radius 2 is 2.21 bits per heavy atom. The van der Waals surface area contributed by atoms with Crippen molar-refractivity contribution in [1.82, 2.24) is 14.9 Å². The first-order chi connectivity index (χ1) is 9.43. The van der Waals surface area contributed by atoms with Crippen LogP contribution in [0.3, 0.4) is 0 Å². The molecule has 0 bridgehead atoms. The Morgan fingerprint density at radius 3 is 3.00 bits per heavy atom. The monoisotopic (exact) mass is 263 g/mol. The van der Waals surface area contributed by atoms with Crippen LogP contribution in [0.15, 0.2) is 12.5 Å². The molecule has 2 fully saturated rings. The first-order valence-corrected chi connectivity index (χ1v) is 7.78. The first kappa shape index (κ1) is 13.1. The summed E-state index contributed by atoms with van der Waals surface area (Å²) in [5, 5.41) is 3.61. The molecule has 0 aliphatic carbocycles. The minimum absolute atomic E-state index is 0.461. The third-order valence-corrected chi connectivity index (χ3v) is 4.38. The zero-order chi connectivity index (χ0) is 12.9. The molecule has 2 unspecified atom stereocenters. The van der Waals surface area contributed by atoms with Crippen molar-refractivity contribution >= 4 is 0 Å². The summed E-state index contributed by atoms with van der Waals surface area (Å²) in [6, 6.07) is 0.503. The van der Waals surface area contributed by atoms with Crippen molar-refractivity contribution in [3.05, 3.63) is 18.2 Å². The second kappa shape index (κ2) is 6.53. The second-order valence-electron chi connectivity index (χ2n) is 5.79. The zero-order valence-corrected chi connectivity index (χ0v) is 11.7. The molecule has 0 radical (unpaired) electrons. The van der Waals surface area contributed by atoms with Gasteiger partial charge in [-0.1, -0.05) is 6.42 Å². The molecule has 0 saturated carbocycles. The van der Waals surface area contributed by atoms with E-state index in [4.69, 9.17) is 4.74 Å². The van der Waals surface area contributed by atoms with Crippen LogP contribution in [0.4, 0.5) is 0 Å². The van der Waals surface area contributed by atoms with Gasteiger partial charge in [-0.15, -0.1) is 0 Å². The van der Waals surface area contributed by atoms with Crippen LogP contribution in [-0.4, -0.2) is 28.8 Å². The van der Waals surface area contributed by atoms with Gasteiger partial charge in [0.25, 0.3) is 0 Å². The molecule has 3 heterocycles. The highest BCUT2D eigenvalue weighted by Crippen LogP contribution is 2.23. The normalized spacial score (nSPS) is 28.4. The van der Waals surface area contributed by atoms with Gasteiger partial charge in [0.1, 0.15) is 0 Å². The Balaban J connectivity index is 1.56. The van der Waals surface area contributed by atoms with Crippen LogP contribution < -0.4 is 5.32 Å². The maximum absolute atomic E-state index is 5.81. The van der Waals surface area contributed by atoms with Crippen molar-refractivity contribution < 1.29 is 4.74 Å². The molecule has 2 aliphatic rings. The Hall–Kier alpha value is -0.870.